The maximum atomic E-state index is 4.70. The van der Waals surface area contributed by atoms with Gasteiger partial charge in [0.05, 0.1) is 11.9 Å². The van der Waals surface area contributed by atoms with Crippen molar-refractivity contribution in [2.75, 3.05) is 0 Å². The third-order valence-corrected chi connectivity index (χ3v) is 4.06. The van der Waals surface area contributed by atoms with Crippen molar-refractivity contribution in [3.05, 3.63) is 40.4 Å². The van der Waals surface area contributed by atoms with Gasteiger partial charge in [0, 0.05) is 23.3 Å². The molecule has 0 saturated carbocycles. The van der Waals surface area contributed by atoms with Crippen molar-refractivity contribution in [3.63, 3.8) is 0 Å². The van der Waals surface area contributed by atoms with Crippen molar-refractivity contribution in [2.45, 2.75) is 39.7 Å². The average Bonchev–Trinajstić information content (AvgIpc) is 2.75. The van der Waals surface area contributed by atoms with E-state index in [1.54, 1.807) is 23.7 Å². The molecule has 0 amide bonds. The number of thiazole rings is 1. The van der Waals surface area contributed by atoms with E-state index >= 15 is 0 Å². The van der Waals surface area contributed by atoms with Gasteiger partial charge in [0.25, 0.3) is 0 Å². The Morgan fingerprint density at radius 2 is 2.17 bits per heavy atom. The molecule has 2 aromatic heterocycles. The Kier molecular flexibility index (Phi) is 4.31. The molecule has 0 unspecified atom stereocenters. The van der Waals surface area contributed by atoms with Gasteiger partial charge in [-0.25, -0.2) is 4.99 Å². The minimum atomic E-state index is 0.534. The molecule has 0 fully saturated rings. The Morgan fingerprint density at radius 3 is 2.78 bits per heavy atom. The molecule has 2 aromatic rings. The number of pyridine rings is 1. The summed E-state index contributed by atoms with van der Waals surface area (Å²) >= 11 is 1.70. The fourth-order valence-corrected chi connectivity index (χ4v) is 3.07. The fraction of sp³-hybridized carbons (Fsp3) is 0.429. The zero-order valence-corrected chi connectivity index (χ0v) is 11.9. The Morgan fingerprint density at radius 1 is 1.39 bits per heavy atom. The number of aryl methyl sites for hydroxylation is 1. The van der Waals surface area contributed by atoms with Crippen LogP contribution in [-0.4, -0.2) is 9.55 Å². The van der Waals surface area contributed by atoms with Crippen molar-refractivity contribution >= 4 is 17.0 Å². The van der Waals surface area contributed by atoms with Crippen LogP contribution in [0.4, 0.5) is 5.69 Å². The summed E-state index contributed by atoms with van der Waals surface area (Å²) in [6, 6.07) is 4.44. The van der Waals surface area contributed by atoms with E-state index in [0.29, 0.717) is 6.04 Å². The van der Waals surface area contributed by atoms with Crippen LogP contribution in [0, 0.1) is 6.92 Å². The first-order valence-electron chi connectivity index (χ1n) is 6.37. The second-order valence-electron chi connectivity index (χ2n) is 4.32. The Labute approximate surface area is 112 Å². The SMILES string of the molecule is CCC(CC)n1c(C)csc1=Nc1cccnc1. The van der Waals surface area contributed by atoms with Gasteiger partial charge in [-0.1, -0.05) is 13.8 Å². The molecular weight excluding hydrogens is 242 g/mol. The van der Waals surface area contributed by atoms with E-state index < -0.39 is 0 Å². The lowest BCUT2D eigenvalue weighted by Crippen LogP contribution is -2.21. The first-order chi connectivity index (χ1) is 8.76. The Balaban J connectivity index is 2.49. The molecule has 0 aromatic carbocycles. The van der Waals surface area contributed by atoms with Crippen molar-refractivity contribution in [2.24, 2.45) is 4.99 Å². The zero-order chi connectivity index (χ0) is 13.0. The van der Waals surface area contributed by atoms with Crippen LogP contribution in [0.2, 0.25) is 0 Å². The van der Waals surface area contributed by atoms with E-state index in [0.717, 1.165) is 23.3 Å². The monoisotopic (exact) mass is 261 g/mol. The van der Waals surface area contributed by atoms with Gasteiger partial charge in [-0.3, -0.25) is 4.98 Å². The second kappa shape index (κ2) is 5.96. The molecule has 0 radical (unpaired) electrons. The number of rotatable bonds is 4. The van der Waals surface area contributed by atoms with E-state index in [9.17, 15) is 0 Å². The number of nitrogens with zero attached hydrogens (tertiary/aromatic N) is 3. The highest BCUT2D eigenvalue weighted by molar-refractivity contribution is 7.07. The maximum absolute atomic E-state index is 4.70. The summed E-state index contributed by atoms with van der Waals surface area (Å²) in [5, 5.41) is 2.17. The second-order valence-corrected chi connectivity index (χ2v) is 5.16. The Hall–Kier alpha value is -1.42. The molecule has 0 N–H and O–H groups in total. The molecule has 0 bridgehead atoms. The normalized spacial score (nSPS) is 12.3. The van der Waals surface area contributed by atoms with Crippen LogP contribution < -0.4 is 4.80 Å². The van der Waals surface area contributed by atoms with Gasteiger partial charge in [0.1, 0.15) is 0 Å². The molecule has 0 saturated heterocycles. The lowest BCUT2D eigenvalue weighted by atomic mass is 10.1. The first-order valence-corrected chi connectivity index (χ1v) is 7.25. The Bertz CT molecular complexity index is 550. The molecule has 0 aliphatic rings. The van der Waals surface area contributed by atoms with Gasteiger partial charge >= 0.3 is 0 Å². The number of hydrogen-bond acceptors (Lipinski definition) is 3. The van der Waals surface area contributed by atoms with Crippen LogP contribution in [0.3, 0.4) is 0 Å². The van der Waals surface area contributed by atoms with Crippen LogP contribution in [0.1, 0.15) is 38.4 Å². The molecule has 2 heterocycles. The highest BCUT2D eigenvalue weighted by Gasteiger charge is 2.10. The molecule has 3 nitrogen and oxygen atoms in total. The summed E-state index contributed by atoms with van der Waals surface area (Å²) in [6.07, 6.45) is 5.84. The lowest BCUT2D eigenvalue weighted by Gasteiger charge is -2.16. The van der Waals surface area contributed by atoms with Gasteiger partial charge < -0.3 is 4.57 Å². The zero-order valence-electron chi connectivity index (χ0n) is 11.1. The van der Waals surface area contributed by atoms with E-state index in [2.05, 4.69) is 35.7 Å². The molecule has 18 heavy (non-hydrogen) atoms. The molecule has 0 aliphatic carbocycles. The topological polar surface area (TPSA) is 30.2 Å². The van der Waals surface area contributed by atoms with Gasteiger partial charge in [0.15, 0.2) is 4.80 Å². The van der Waals surface area contributed by atoms with Crippen LogP contribution in [-0.2, 0) is 0 Å². The fourth-order valence-electron chi connectivity index (χ4n) is 2.11. The molecule has 0 spiro atoms. The van der Waals surface area contributed by atoms with Crippen LogP contribution in [0.15, 0.2) is 34.9 Å². The average molecular weight is 261 g/mol. The van der Waals surface area contributed by atoms with E-state index in [4.69, 9.17) is 4.99 Å². The minimum Gasteiger partial charge on any atom is -0.318 e. The predicted octanol–water partition coefficient (Wildman–Crippen LogP) is 3.85. The van der Waals surface area contributed by atoms with Crippen LogP contribution in [0.5, 0.6) is 0 Å². The van der Waals surface area contributed by atoms with Gasteiger partial charge in [-0.05, 0) is 31.9 Å². The summed E-state index contributed by atoms with van der Waals surface area (Å²) in [6.45, 7) is 6.61. The minimum absolute atomic E-state index is 0.534. The molecular formula is C14H19N3S. The number of hydrogen-bond donors (Lipinski definition) is 0. The highest BCUT2D eigenvalue weighted by Crippen LogP contribution is 2.18. The standard InChI is InChI=1S/C14H19N3S/c1-4-13(5-2)17-11(3)10-18-14(17)16-12-7-6-8-15-9-12/h6-10,13H,4-5H2,1-3H3. The highest BCUT2D eigenvalue weighted by atomic mass is 32.1. The van der Waals surface area contributed by atoms with Crippen molar-refractivity contribution in [1.82, 2.24) is 9.55 Å². The van der Waals surface area contributed by atoms with E-state index in [1.165, 1.54) is 5.69 Å². The quantitative estimate of drug-likeness (QED) is 0.822. The number of aromatic nitrogens is 2. The molecule has 4 heteroatoms. The van der Waals surface area contributed by atoms with Crippen LogP contribution in [0.25, 0.3) is 0 Å². The third-order valence-electron chi connectivity index (χ3n) is 3.10. The lowest BCUT2D eigenvalue weighted by molar-refractivity contribution is 0.453. The summed E-state index contributed by atoms with van der Waals surface area (Å²) in [5.41, 5.74) is 2.20. The summed E-state index contributed by atoms with van der Waals surface area (Å²) in [4.78, 5) is 9.87. The van der Waals surface area contributed by atoms with E-state index in [1.807, 2.05) is 12.1 Å². The maximum Gasteiger partial charge on any atom is 0.190 e. The third kappa shape index (κ3) is 2.70. The van der Waals surface area contributed by atoms with Crippen molar-refractivity contribution < 1.29 is 0 Å². The van der Waals surface area contributed by atoms with Gasteiger partial charge in [-0.2, -0.15) is 0 Å². The predicted molar refractivity (Wildman–Crippen MR) is 76.1 cm³/mol. The van der Waals surface area contributed by atoms with Gasteiger partial charge in [0.2, 0.25) is 0 Å². The molecule has 0 aliphatic heterocycles. The van der Waals surface area contributed by atoms with Crippen molar-refractivity contribution in [1.29, 1.82) is 0 Å². The smallest absolute Gasteiger partial charge is 0.190 e. The molecule has 96 valence electrons. The van der Waals surface area contributed by atoms with E-state index in [-0.39, 0.29) is 0 Å². The molecule has 2 rings (SSSR count). The largest absolute Gasteiger partial charge is 0.318 e. The van der Waals surface area contributed by atoms with Crippen molar-refractivity contribution in [3.8, 4) is 0 Å². The summed E-state index contributed by atoms with van der Waals surface area (Å²) in [7, 11) is 0. The molecule has 0 atom stereocenters. The first kappa shape index (κ1) is 13.0. The van der Waals surface area contributed by atoms with Gasteiger partial charge in [-0.15, -0.1) is 11.3 Å². The summed E-state index contributed by atoms with van der Waals surface area (Å²) < 4.78 is 2.34. The van der Waals surface area contributed by atoms with Crippen LogP contribution >= 0.6 is 11.3 Å². The summed E-state index contributed by atoms with van der Waals surface area (Å²) in [5.74, 6) is 0.